The van der Waals surface area contributed by atoms with Gasteiger partial charge in [0.05, 0.1) is 0 Å². The van der Waals surface area contributed by atoms with Crippen LogP contribution in [0, 0.1) is 5.92 Å². The molecule has 1 aliphatic rings. The molecule has 0 atom stereocenters. The van der Waals surface area contributed by atoms with Crippen LogP contribution in [0.3, 0.4) is 0 Å². The van der Waals surface area contributed by atoms with Crippen molar-refractivity contribution in [2.24, 2.45) is 5.92 Å². The summed E-state index contributed by atoms with van der Waals surface area (Å²) in [7, 11) is 0. The first-order valence-electron chi connectivity index (χ1n) is 4.32. The van der Waals surface area contributed by atoms with E-state index in [-0.39, 0.29) is 11.8 Å². The van der Waals surface area contributed by atoms with Gasteiger partial charge in [0.2, 0.25) is 5.91 Å². The number of carbonyl (C=O) groups excluding carboxylic acids is 1. The summed E-state index contributed by atoms with van der Waals surface area (Å²) in [5.41, 5.74) is 4.14. The van der Waals surface area contributed by atoms with Crippen LogP contribution in [0.25, 0.3) is 0 Å². The maximum absolute atomic E-state index is 11.1. The smallest absolute Gasteiger partial charge is 0.247 e. The maximum atomic E-state index is 11.1. The normalized spacial score (nSPS) is 15.5. The molecule has 0 bridgehead atoms. The number of hydrogen-bond acceptors (Lipinski definition) is 2. The van der Waals surface area contributed by atoms with E-state index in [4.69, 9.17) is 5.21 Å². The monoisotopic (exact) mass is 177 g/mol. The van der Waals surface area contributed by atoms with Crippen LogP contribution in [0.4, 0.5) is 0 Å². The number of amides is 1. The van der Waals surface area contributed by atoms with Crippen LogP contribution in [-0.2, 0) is 17.6 Å². The maximum Gasteiger partial charge on any atom is 0.247 e. The van der Waals surface area contributed by atoms with Gasteiger partial charge in [0.15, 0.2) is 0 Å². The minimum atomic E-state index is -0.281. The van der Waals surface area contributed by atoms with E-state index in [1.54, 1.807) is 5.48 Å². The molecule has 0 unspecified atom stereocenters. The van der Waals surface area contributed by atoms with Crippen LogP contribution in [0.5, 0.6) is 0 Å². The van der Waals surface area contributed by atoms with E-state index in [1.807, 2.05) is 24.3 Å². The van der Waals surface area contributed by atoms with Crippen molar-refractivity contribution in [3.8, 4) is 0 Å². The Labute approximate surface area is 76.3 Å². The zero-order chi connectivity index (χ0) is 9.26. The summed E-state index contributed by atoms with van der Waals surface area (Å²) in [6.07, 6.45) is 1.48. The van der Waals surface area contributed by atoms with Crippen molar-refractivity contribution < 1.29 is 10.0 Å². The number of fused-ring (bicyclic) bond motifs is 1. The summed E-state index contributed by atoms with van der Waals surface area (Å²) in [5, 5.41) is 8.47. The number of rotatable bonds is 1. The van der Waals surface area contributed by atoms with Gasteiger partial charge in [-0.15, -0.1) is 0 Å². The third-order valence-corrected chi connectivity index (χ3v) is 2.53. The van der Waals surface area contributed by atoms with Crippen LogP contribution in [0.15, 0.2) is 24.3 Å². The number of hydroxylamine groups is 1. The molecule has 2 rings (SSSR count). The number of carbonyl (C=O) groups is 1. The zero-order valence-corrected chi connectivity index (χ0v) is 7.16. The van der Waals surface area contributed by atoms with Crippen LogP contribution < -0.4 is 5.48 Å². The van der Waals surface area contributed by atoms with E-state index in [9.17, 15) is 4.79 Å². The Hall–Kier alpha value is -1.35. The average Bonchev–Trinajstić information content (AvgIpc) is 2.59. The fourth-order valence-electron chi connectivity index (χ4n) is 1.84. The van der Waals surface area contributed by atoms with Gasteiger partial charge in [-0.2, -0.15) is 0 Å². The molecule has 0 spiro atoms. The van der Waals surface area contributed by atoms with E-state index in [1.165, 1.54) is 11.1 Å². The lowest BCUT2D eigenvalue weighted by atomic mass is 10.1. The third-order valence-electron chi connectivity index (χ3n) is 2.53. The predicted molar refractivity (Wildman–Crippen MR) is 47.3 cm³/mol. The molecule has 0 heterocycles. The van der Waals surface area contributed by atoms with Gasteiger partial charge >= 0.3 is 0 Å². The molecular weight excluding hydrogens is 166 g/mol. The molecule has 13 heavy (non-hydrogen) atoms. The average molecular weight is 177 g/mol. The second-order valence-electron chi connectivity index (χ2n) is 3.35. The number of nitrogens with one attached hydrogen (secondary N) is 1. The lowest BCUT2D eigenvalue weighted by molar-refractivity contribution is -0.133. The third kappa shape index (κ3) is 1.42. The highest BCUT2D eigenvalue weighted by molar-refractivity contribution is 5.79. The van der Waals surface area contributed by atoms with Gasteiger partial charge in [0.25, 0.3) is 0 Å². The highest BCUT2D eigenvalue weighted by Gasteiger charge is 2.26. The predicted octanol–water partition coefficient (Wildman–Crippen LogP) is 0.907. The Balaban J connectivity index is 2.18. The molecule has 0 aliphatic heterocycles. The quantitative estimate of drug-likeness (QED) is 0.494. The molecule has 3 nitrogen and oxygen atoms in total. The van der Waals surface area contributed by atoms with Crippen molar-refractivity contribution in [2.75, 3.05) is 0 Å². The molecule has 1 aliphatic carbocycles. The molecule has 2 N–H and O–H groups in total. The van der Waals surface area contributed by atoms with E-state index in [2.05, 4.69) is 0 Å². The molecule has 1 aromatic carbocycles. The fraction of sp³-hybridized carbons (Fsp3) is 0.300. The lowest BCUT2D eigenvalue weighted by Gasteiger charge is -2.04. The SMILES string of the molecule is O=C(NO)C1Cc2ccccc2C1. The standard InChI is InChI=1S/C10H11NO2/c12-10(11-13)9-5-7-3-1-2-4-8(7)6-9/h1-4,9,13H,5-6H2,(H,11,12). The first-order chi connectivity index (χ1) is 6.31. The van der Waals surface area contributed by atoms with E-state index in [0.29, 0.717) is 0 Å². The second-order valence-corrected chi connectivity index (χ2v) is 3.35. The van der Waals surface area contributed by atoms with Gasteiger partial charge in [0, 0.05) is 5.92 Å². The highest BCUT2D eigenvalue weighted by Crippen LogP contribution is 2.26. The first-order valence-corrected chi connectivity index (χ1v) is 4.32. The van der Waals surface area contributed by atoms with Crippen molar-refractivity contribution in [1.29, 1.82) is 0 Å². The van der Waals surface area contributed by atoms with E-state index >= 15 is 0 Å². The van der Waals surface area contributed by atoms with Crippen molar-refractivity contribution >= 4 is 5.91 Å². The summed E-state index contributed by atoms with van der Waals surface area (Å²) < 4.78 is 0. The number of hydrogen-bond donors (Lipinski definition) is 2. The Morgan fingerprint density at radius 1 is 1.31 bits per heavy atom. The molecule has 1 amide bonds. The lowest BCUT2D eigenvalue weighted by Crippen LogP contribution is -2.28. The second kappa shape index (κ2) is 3.18. The van der Waals surface area contributed by atoms with Gasteiger partial charge in [-0.05, 0) is 24.0 Å². The molecule has 1 aromatic rings. The highest BCUT2D eigenvalue weighted by atomic mass is 16.5. The van der Waals surface area contributed by atoms with Gasteiger partial charge < -0.3 is 0 Å². The van der Waals surface area contributed by atoms with E-state index in [0.717, 1.165) is 12.8 Å². The molecular formula is C10H11NO2. The molecule has 0 saturated carbocycles. The summed E-state index contributed by atoms with van der Waals surface area (Å²) in [5.74, 6) is -0.376. The molecule has 0 fully saturated rings. The van der Waals surface area contributed by atoms with Crippen LogP contribution in [0.1, 0.15) is 11.1 Å². The fourth-order valence-corrected chi connectivity index (χ4v) is 1.84. The zero-order valence-electron chi connectivity index (χ0n) is 7.16. The van der Waals surface area contributed by atoms with Crippen LogP contribution in [0.2, 0.25) is 0 Å². The van der Waals surface area contributed by atoms with Crippen molar-refractivity contribution in [3.05, 3.63) is 35.4 Å². The molecule has 0 radical (unpaired) electrons. The Bertz CT molecular complexity index is 310. The Morgan fingerprint density at radius 3 is 2.31 bits per heavy atom. The van der Waals surface area contributed by atoms with Crippen molar-refractivity contribution in [1.82, 2.24) is 5.48 Å². The van der Waals surface area contributed by atoms with Crippen molar-refractivity contribution in [2.45, 2.75) is 12.8 Å². The largest absolute Gasteiger partial charge is 0.289 e. The Kier molecular flexibility index (Phi) is 2.02. The van der Waals surface area contributed by atoms with Gasteiger partial charge in [-0.25, -0.2) is 5.48 Å². The van der Waals surface area contributed by atoms with Crippen molar-refractivity contribution in [3.63, 3.8) is 0 Å². The molecule has 0 aromatic heterocycles. The summed E-state index contributed by atoms with van der Waals surface area (Å²) in [6, 6.07) is 8.00. The Morgan fingerprint density at radius 2 is 1.85 bits per heavy atom. The van der Waals surface area contributed by atoms with Gasteiger partial charge in [-0.1, -0.05) is 24.3 Å². The topological polar surface area (TPSA) is 49.3 Å². The number of benzene rings is 1. The van der Waals surface area contributed by atoms with E-state index < -0.39 is 0 Å². The summed E-state index contributed by atoms with van der Waals surface area (Å²) in [4.78, 5) is 11.1. The summed E-state index contributed by atoms with van der Waals surface area (Å²) in [6.45, 7) is 0. The minimum Gasteiger partial charge on any atom is -0.289 e. The van der Waals surface area contributed by atoms with Gasteiger partial charge in [0.1, 0.15) is 0 Å². The van der Waals surface area contributed by atoms with Crippen LogP contribution in [-0.4, -0.2) is 11.1 Å². The first kappa shape index (κ1) is 8.26. The van der Waals surface area contributed by atoms with Gasteiger partial charge in [-0.3, -0.25) is 10.0 Å². The molecule has 0 saturated heterocycles. The summed E-state index contributed by atoms with van der Waals surface area (Å²) >= 11 is 0. The molecule has 3 heteroatoms. The minimum absolute atomic E-state index is 0.0950. The van der Waals surface area contributed by atoms with Crippen LogP contribution >= 0.6 is 0 Å². The molecule has 68 valence electrons.